The van der Waals surface area contributed by atoms with Crippen molar-refractivity contribution in [3.8, 4) is 0 Å². The summed E-state index contributed by atoms with van der Waals surface area (Å²) >= 11 is 0. The molecule has 1 saturated carbocycles. The van der Waals surface area contributed by atoms with E-state index in [1.807, 2.05) is 4.90 Å². The van der Waals surface area contributed by atoms with Crippen LogP contribution in [0.1, 0.15) is 31.2 Å². The second-order valence-electron chi connectivity index (χ2n) is 5.55. The van der Waals surface area contributed by atoms with Crippen LogP contribution in [0.25, 0.3) is 0 Å². The van der Waals surface area contributed by atoms with E-state index in [0.717, 1.165) is 38.3 Å². The molecule has 3 nitrogen and oxygen atoms in total. The minimum absolute atomic E-state index is 0.0937. The summed E-state index contributed by atoms with van der Waals surface area (Å²) in [5, 5.41) is 3.35. The van der Waals surface area contributed by atoms with E-state index in [0.29, 0.717) is 6.54 Å². The second kappa shape index (κ2) is 5.24. The lowest BCUT2D eigenvalue weighted by atomic mass is 10.2. The van der Waals surface area contributed by atoms with Crippen molar-refractivity contribution in [2.24, 2.45) is 0 Å². The van der Waals surface area contributed by atoms with E-state index in [-0.39, 0.29) is 17.9 Å². The molecule has 0 bridgehead atoms. The first kappa shape index (κ1) is 13.7. The topological polar surface area (TPSA) is 28.2 Å². The number of alkyl halides is 3. The van der Waals surface area contributed by atoms with Crippen LogP contribution in [0.4, 0.5) is 19.0 Å². The molecule has 1 saturated heterocycles. The van der Waals surface area contributed by atoms with E-state index < -0.39 is 11.7 Å². The highest BCUT2D eigenvalue weighted by molar-refractivity contribution is 5.50. The molecule has 0 spiro atoms. The van der Waals surface area contributed by atoms with Crippen molar-refractivity contribution in [1.29, 1.82) is 0 Å². The number of rotatable bonds is 4. The SMILES string of the molecule is FC(F)(F)c1cccnc1N(CC1CCCN1)C1CC1. The predicted molar refractivity (Wildman–Crippen MR) is 70.6 cm³/mol. The van der Waals surface area contributed by atoms with Gasteiger partial charge in [-0.1, -0.05) is 0 Å². The summed E-state index contributed by atoms with van der Waals surface area (Å²) < 4.78 is 39.4. The molecule has 6 heteroatoms. The van der Waals surface area contributed by atoms with Crippen LogP contribution in [0.2, 0.25) is 0 Å². The van der Waals surface area contributed by atoms with Gasteiger partial charge in [-0.15, -0.1) is 0 Å². The molecule has 0 radical (unpaired) electrons. The van der Waals surface area contributed by atoms with E-state index in [1.54, 1.807) is 0 Å². The molecular formula is C14H18F3N3. The summed E-state index contributed by atoms with van der Waals surface area (Å²) in [5.74, 6) is 0.0937. The fraction of sp³-hybridized carbons (Fsp3) is 0.643. The lowest BCUT2D eigenvalue weighted by molar-refractivity contribution is -0.137. The third-order valence-electron chi connectivity index (χ3n) is 3.93. The maximum atomic E-state index is 13.1. The quantitative estimate of drug-likeness (QED) is 0.922. The summed E-state index contributed by atoms with van der Waals surface area (Å²) in [6.07, 6.45) is 1.14. The van der Waals surface area contributed by atoms with Crippen LogP contribution in [0.15, 0.2) is 18.3 Å². The van der Waals surface area contributed by atoms with Crippen molar-refractivity contribution in [3.05, 3.63) is 23.9 Å². The largest absolute Gasteiger partial charge is 0.419 e. The van der Waals surface area contributed by atoms with Gasteiger partial charge in [-0.05, 0) is 44.4 Å². The highest BCUT2D eigenvalue weighted by atomic mass is 19.4. The van der Waals surface area contributed by atoms with E-state index in [1.165, 1.54) is 12.3 Å². The fourth-order valence-corrected chi connectivity index (χ4v) is 2.79. The van der Waals surface area contributed by atoms with Crippen LogP contribution < -0.4 is 10.2 Å². The van der Waals surface area contributed by atoms with E-state index in [2.05, 4.69) is 10.3 Å². The molecule has 1 aliphatic heterocycles. The normalized spacial score (nSPS) is 23.1. The van der Waals surface area contributed by atoms with Gasteiger partial charge in [0.1, 0.15) is 5.82 Å². The van der Waals surface area contributed by atoms with Gasteiger partial charge >= 0.3 is 6.18 Å². The zero-order valence-electron chi connectivity index (χ0n) is 11.2. The highest BCUT2D eigenvalue weighted by Crippen LogP contribution is 2.39. The molecule has 1 atom stereocenters. The zero-order chi connectivity index (χ0) is 14.2. The molecule has 0 amide bonds. The van der Waals surface area contributed by atoms with Gasteiger partial charge in [-0.25, -0.2) is 4.98 Å². The molecule has 1 aromatic heterocycles. The molecule has 1 aromatic rings. The van der Waals surface area contributed by atoms with Crippen LogP contribution in [0, 0.1) is 0 Å². The van der Waals surface area contributed by atoms with Crippen molar-refractivity contribution >= 4 is 5.82 Å². The Labute approximate surface area is 116 Å². The molecule has 1 unspecified atom stereocenters. The molecule has 2 aliphatic rings. The maximum Gasteiger partial charge on any atom is 0.419 e. The molecule has 20 heavy (non-hydrogen) atoms. The Morgan fingerprint density at radius 1 is 1.30 bits per heavy atom. The van der Waals surface area contributed by atoms with Crippen molar-refractivity contribution in [2.75, 3.05) is 18.0 Å². The second-order valence-corrected chi connectivity index (χ2v) is 5.55. The number of hydrogen-bond donors (Lipinski definition) is 1. The van der Waals surface area contributed by atoms with E-state index in [4.69, 9.17) is 0 Å². The van der Waals surface area contributed by atoms with Gasteiger partial charge in [0, 0.05) is 24.8 Å². The van der Waals surface area contributed by atoms with Crippen LogP contribution in [0.5, 0.6) is 0 Å². The Morgan fingerprint density at radius 3 is 2.70 bits per heavy atom. The summed E-state index contributed by atoms with van der Waals surface area (Å²) in [4.78, 5) is 5.88. The van der Waals surface area contributed by atoms with Crippen molar-refractivity contribution in [2.45, 2.75) is 43.9 Å². The van der Waals surface area contributed by atoms with Crippen LogP contribution >= 0.6 is 0 Å². The monoisotopic (exact) mass is 285 g/mol. The number of hydrogen-bond acceptors (Lipinski definition) is 3. The Bertz CT molecular complexity index is 465. The van der Waals surface area contributed by atoms with E-state index in [9.17, 15) is 13.2 Å². The van der Waals surface area contributed by atoms with Gasteiger partial charge in [0.2, 0.25) is 0 Å². The minimum Gasteiger partial charge on any atom is -0.352 e. The Hall–Kier alpha value is -1.30. The van der Waals surface area contributed by atoms with Crippen molar-refractivity contribution in [1.82, 2.24) is 10.3 Å². The number of aromatic nitrogens is 1. The van der Waals surface area contributed by atoms with Crippen LogP contribution in [-0.4, -0.2) is 30.2 Å². The van der Waals surface area contributed by atoms with Gasteiger partial charge in [-0.2, -0.15) is 13.2 Å². The number of pyridine rings is 1. The average Bonchev–Trinajstić information content (AvgIpc) is 3.12. The molecule has 1 aliphatic carbocycles. The van der Waals surface area contributed by atoms with Crippen molar-refractivity contribution in [3.63, 3.8) is 0 Å². The van der Waals surface area contributed by atoms with E-state index >= 15 is 0 Å². The summed E-state index contributed by atoms with van der Waals surface area (Å²) in [6, 6.07) is 2.97. The Balaban J connectivity index is 1.87. The first-order valence-electron chi connectivity index (χ1n) is 7.08. The molecule has 3 rings (SSSR count). The number of nitrogens with zero attached hydrogens (tertiary/aromatic N) is 2. The smallest absolute Gasteiger partial charge is 0.352 e. The number of halogens is 3. The minimum atomic E-state index is -4.35. The number of anilines is 1. The number of nitrogens with one attached hydrogen (secondary N) is 1. The third kappa shape index (κ3) is 2.90. The Morgan fingerprint density at radius 2 is 2.10 bits per heavy atom. The Kier molecular flexibility index (Phi) is 3.58. The third-order valence-corrected chi connectivity index (χ3v) is 3.93. The lowest BCUT2D eigenvalue weighted by Crippen LogP contribution is -2.40. The highest BCUT2D eigenvalue weighted by Gasteiger charge is 2.40. The standard InChI is InChI=1S/C14H18F3N3/c15-14(16,17)12-4-2-8-19-13(12)20(11-5-6-11)9-10-3-1-7-18-10/h2,4,8,10-11,18H,1,3,5-7,9H2. The van der Waals surface area contributed by atoms with Gasteiger partial charge in [0.25, 0.3) is 0 Å². The summed E-state index contributed by atoms with van der Waals surface area (Å²) in [6.45, 7) is 1.57. The van der Waals surface area contributed by atoms with Gasteiger partial charge in [0.05, 0.1) is 5.56 Å². The first-order chi connectivity index (χ1) is 9.55. The average molecular weight is 285 g/mol. The molecule has 110 valence electrons. The van der Waals surface area contributed by atoms with Crippen LogP contribution in [-0.2, 0) is 6.18 Å². The molecule has 1 N–H and O–H groups in total. The van der Waals surface area contributed by atoms with Gasteiger partial charge < -0.3 is 10.2 Å². The summed E-state index contributed by atoms with van der Waals surface area (Å²) in [5.41, 5.74) is -0.620. The fourth-order valence-electron chi connectivity index (χ4n) is 2.79. The summed E-state index contributed by atoms with van der Waals surface area (Å²) in [7, 11) is 0. The zero-order valence-corrected chi connectivity index (χ0v) is 11.2. The molecule has 2 fully saturated rings. The van der Waals surface area contributed by atoms with Crippen LogP contribution in [0.3, 0.4) is 0 Å². The molecule has 0 aromatic carbocycles. The van der Waals surface area contributed by atoms with Gasteiger partial charge in [0.15, 0.2) is 0 Å². The van der Waals surface area contributed by atoms with Crippen molar-refractivity contribution < 1.29 is 13.2 Å². The van der Waals surface area contributed by atoms with Gasteiger partial charge in [-0.3, -0.25) is 0 Å². The predicted octanol–water partition coefficient (Wildman–Crippen LogP) is 2.82. The maximum absolute atomic E-state index is 13.1. The lowest BCUT2D eigenvalue weighted by Gasteiger charge is -2.29. The first-order valence-corrected chi connectivity index (χ1v) is 7.08. The molecule has 2 heterocycles. The molecular weight excluding hydrogens is 267 g/mol.